The van der Waals surface area contributed by atoms with Crippen LogP contribution in [0.4, 0.5) is 0 Å². The highest BCUT2D eigenvalue weighted by molar-refractivity contribution is 5.79. The van der Waals surface area contributed by atoms with Crippen molar-refractivity contribution in [3.05, 3.63) is 52.1 Å². The molecule has 7 nitrogen and oxygen atoms in total. The third-order valence-electron chi connectivity index (χ3n) is 4.14. The Balaban J connectivity index is 1.62. The number of carbonyl (C=O) groups is 1. The van der Waals surface area contributed by atoms with Gasteiger partial charge in [0.1, 0.15) is 6.04 Å². The molecule has 0 aliphatic heterocycles. The molecule has 1 saturated carbocycles. The van der Waals surface area contributed by atoms with Crippen LogP contribution in [0.15, 0.2) is 35.3 Å². The molecular weight excluding hydrogens is 320 g/mol. The Hall–Kier alpha value is -2.70. The van der Waals surface area contributed by atoms with Crippen molar-refractivity contribution in [3.8, 4) is 5.88 Å². The van der Waals surface area contributed by atoms with Gasteiger partial charge in [0.25, 0.3) is 5.56 Å². The largest absolute Gasteiger partial charge is 0.478 e. The van der Waals surface area contributed by atoms with E-state index >= 15 is 0 Å². The lowest BCUT2D eigenvalue weighted by atomic mass is 10.2. The second-order valence-corrected chi connectivity index (χ2v) is 6.15. The van der Waals surface area contributed by atoms with E-state index in [9.17, 15) is 9.59 Å². The highest BCUT2D eigenvalue weighted by atomic mass is 16.5. The van der Waals surface area contributed by atoms with Crippen LogP contribution in [0.1, 0.15) is 49.9 Å². The maximum Gasteiger partial charge on any atom is 0.267 e. The number of nitrogens with zero attached hydrogens (tertiary/aromatic N) is 3. The molecule has 1 atom stereocenters. The van der Waals surface area contributed by atoms with Crippen molar-refractivity contribution in [2.75, 3.05) is 6.61 Å². The van der Waals surface area contributed by atoms with Gasteiger partial charge in [0.05, 0.1) is 12.3 Å². The van der Waals surface area contributed by atoms with Gasteiger partial charge in [-0.2, -0.15) is 5.10 Å². The number of aromatic nitrogens is 3. The fourth-order valence-electron chi connectivity index (χ4n) is 2.51. The van der Waals surface area contributed by atoms with Crippen molar-refractivity contribution >= 4 is 5.91 Å². The minimum Gasteiger partial charge on any atom is -0.478 e. The van der Waals surface area contributed by atoms with Crippen LogP contribution in [0.5, 0.6) is 5.88 Å². The summed E-state index contributed by atoms with van der Waals surface area (Å²) >= 11 is 0. The van der Waals surface area contributed by atoms with Gasteiger partial charge < -0.3 is 10.1 Å². The first-order valence-electron chi connectivity index (χ1n) is 8.53. The Bertz CT molecular complexity index is 797. The first kappa shape index (κ1) is 17.1. The summed E-state index contributed by atoms with van der Waals surface area (Å²) in [6, 6.07) is 6.19. The lowest BCUT2D eigenvalue weighted by Crippen LogP contribution is -2.37. The Morgan fingerprint density at radius 1 is 1.36 bits per heavy atom. The smallest absolute Gasteiger partial charge is 0.267 e. The predicted octanol–water partition coefficient (Wildman–Crippen LogP) is 1.79. The standard InChI is InChI=1S/C18H22N4O3/c1-3-25-16-8-4-13(10-19-16)11-20-18(24)12(2)22-17(23)9-7-15(21-22)14-5-6-14/h4,7-10,12,14H,3,5-6,11H2,1-2H3,(H,20,24). The van der Waals surface area contributed by atoms with Crippen molar-refractivity contribution in [2.24, 2.45) is 0 Å². The molecular formula is C18H22N4O3. The first-order valence-corrected chi connectivity index (χ1v) is 8.53. The van der Waals surface area contributed by atoms with Crippen LogP contribution in [0.2, 0.25) is 0 Å². The van der Waals surface area contributed by atoms with Crippen molar-refractivity contribution in [1.82, 2.24) is 20.1 Å². The summed E-state index contributed by atoms with van der Waals surface area (Å²) in [4.78, 5) is 28.6. The molecule has 2 heterocycles. The van der Waals surface area contributed by atoms with Crippen LogP contribution in [-0.4, -0.2) is 27.3 Å². The van der Waals surface area contributed by atoms with Gasteiger partial charge in [-0.3, -0.25) is 9.59 Å². The normalized spacial score (nSPS) is 14.8. The lowest BCUT2D eigenvalue weighted by Gasteiger charge is -2.15. The molecule has 7 heteroatoms. The topological polar surface area (TPSA) is 86.1 Å². The summed E-state index contributed by atoms with van der Waals surface area (Å²) in [6.07, 6.45) is 3.85. The van der Waals surface area contributed by atoms with E-state index in [1.807, 2.05) is 13.0 Å². The average molecular weight is 342 g/mol. The Morgan fingerprint density at radius 3 is 2.80 bits per heavy atom. The average Bonchev–Trinajstić information content (AvgIpc) is 3.46. The van der Waals surface area contributed by atoms with E-state index in [-0.39, 0.29) is 11.5 Å². The van der Waals surface area contributed by atoms with Gasteiger partial charge in [-0.1, -0.05) is 6.07 Å². The van der Waals surface area contributed by atoms with Gasteiger partial charge in [-0.05, 0) is 38.3 Å². The Morgan fingerprint density at radius 2 is 2.16 bits per heavy atom. The quantitative estimate of drug-likeness (QED) is 0.829. The molecule has 132 valence electrons. The number of amides is 1. The zero-order valence-corrected chi connectivity index (χ0v) is 14.4. The molecule has 1 fully saturated rings. The van der Waals surface area contributed by atoms with Gasteiger partial charge >= 0.3 is 0 Å². The predicted molar refractivity (Wildman–Crippen MR) is 92.4 cm³/mol. The van der Waals surface area contributed by atoms with E-state index < -0.39 is 6.04 Å². The fourth-order valence-corrected chi connectivity index (χ4v) is 2.51. The fraction of sp³-hybridized carbons (Fsp3) is 0.444. The van der Waals surface area contributed by atoms with E-state index in [0.717, 1.165) is 24.1 Å². The van der Waals surface area contributed by atoms with Crippen molar-refractivity contribution in [1.29, 1.82) is 0 Å². The highest BCUT2D eigenvalue weighted by Gasteiger charge is 2.27. The molecule has 0 saturated heterocycles. The molecule has 3 rings (SSSR count). The molecule has 25 heavy (non-hydrogen) atoms. The third-order valence-corrected chi connectivity index (χ3v) is 4.14. The molecule has 0 spiro atoms. The molecule has 0 radical (unpaired) electrons. The van der Waals surface area contributed by atoms with Gasteiger partial charge in [0.15, 0.2) is 0 Å². The van der Waals surface area contributed by atoms with Crippen LogP contribution >= 0.6 is 0 Å². The summed E-state index contributed by atoms with van der Waals surface area (Å²) < 4.78 is 6.55. The van der Waals surface area contributed by atoms with Crippen molar-refractivity contribution < 1.29 is 9.53 Å². The molecule has 1 unspecified atom stereocenters. The first-order chi connectivity index (χ1) is 12.1. The van der Waals surface area contributed by atoms with E-state index in [4.69, 9.17) is 4.74 Å². The zero-order chi connectivity index (χ0) is 17.8. The molecule has 1 aliphatic rings. The second kappa shape index (κ2) is 7.46. The molecule has 1 aliphatic carbocycles. The molecule has 1 N–H and O–H groups in total. The molecule has 1 amide bonds. The minimum absolute atomic E-state index is 0.253. The summed E-state index contributed by atoms with van der Waals surface area (Å²) in [5, 5.41) is 7.18. The SMILES string of the molecule is CCOc1ccc(CNC(=O)C(C)n2nc(C3CC3)ccc2=O)cn1. The zero-order valence-electron chi connectivity index (χ0n) is 14.4. The molecule has 0 aromatic carbocycles. The number of carbonyl (C=O) groups excluding carboxylic acids is 1. The van der Waals surface area contributed by atoms with Crippen LogP contribution in [0.3, 0.4) is 0 Å². The molecule has 2 aromatic rings. The van der Waals surface area contributed by atoms with Crippen molar-refractivity contribution in [3.63, 3.8) is 0 Å². The van der Waals surface area contributed by atoms with Crippen LogP contribution < -0.4 is 15.6 Å². The van der Waals surface area contributed by atoms with Crippen LogP contribution in [-0.2, 0) is 11.3 Å². The number of pyridine rings is 1. The van der Waals surface area contributed by atoms with E-state index in [1.165, 1.54) is 10.7 Å². The summed E-state index contributed by atoms with van der Waals surface area (Å²) in [7, 11) is 0. The van der Waals surface area contributed by atoms with E-state index in [1.54, 1.807) is 25.3 Å². The van der Waals surface area contributed by atoms with Gasteiger partial charge in [-0.25, -0.2) is 9.67 Å². The number of hydrogen-bond acceptors (Lipinski definition) is 5. The van der Waals surface area contributed by atoms with E-state index in [0.29, 0.717) is 24.9 Å². The summed E-state index contributed by atoms with van der Waals surface area (Å²) in [5.74, 6) is 0.729. The number of ether oxygens (including phenoxy) is 1. The third kappa shape index (κ3) is 4.23. The Kier molecular flexibility index (Phi) is 5.11. The number of nitrogens with one attached hydrogen (secondary N) is 1. The van der Waals surface area contributed by atoms with Gasteiger partial charge in [-0.15, -0.1) is 0 Å². The van der Waals surface area contributed by atoms with Gasteiger partial charge in [0, 0.05) is 30.8 Å². The lowest BCUT2D eigenvalue weighted by molar-refractivity contribution is -0.124. The monoisotopic (exact) mass is 342 g/mol. The molecule has 0 bridgehead atoms. The van der Waals surface area contributed by atoms with Crippen LogP contribution in [0, 0.1) is 0 Å². The number of rotatable bonds is 7. The van der Waals surface area contributed by atoms with E-state index in [2.05, 4.69) is 15.4 Å². The van der Waals surface area contributed by atoms with Crippen LogP contribution in [0.25, 0.3) is 0 Å². The second-order valence-electron chi connectivity index (χ2n) is 6.15. The number of hydrogen-bond donors (Lipinski definition) is 1. The summed E-state index contributed by atoms with van der Waals surface area (Å²) in [5.41, 5.74) is 1.47. The minimum atomic E-state index is -0.665. The maximum absolute atomic E-state index is 12.4. The maximum atomic E-state index is 12.4. The van der Waals surface area contributed by atoms with Crippen molar-refractivity contribution in [2.45, 2.75) is 45.2 Å². The Labute approximate surface area is 146 Å². The molecule has 2 aromatic heterocycles. The summed E-state index contributed by atoms with van der Waals surface area (Å²) in [6.45, 7) is 4.46. The highest BCUT2D eigenvalue weighted by Crippen LogP contribution is 2.38. The van der Waals surface area contributed by atoms with Gasteiger partial charge in [0.2, 0.25) is 11.8 Å².